The van der Waals surface area contributed by atoms with Gasteiger partial charge in [0.1, 0.15) is 17.5 Å². The highest BCUT2D eigenvalue weighted by molar-refractivity contribution is 7.15. The van der Waals surface area contributed by atoms with Crippen molar-refractivity contribution in [2.24, 2.45) is 0 Å². The van der Waals surface area contributed by atoms with Crippen molar-refractivity contribution in [2.75, 3.05) is 13.1 Å². The zero-order valence-corrected chi connectivity index (χ0v) is 21.2. The third kappa shape index (κ3) is 4.18. The molecule has 0 atom stereocenters. The molecule has 0 unspecified atom stereocenters. The van der Waals surface area contributed by atoms with Crippen LogP contribution in [0.5, 0.6) is 5.75 Å². The Morgan fingerprint density at radius 3 is 2.65 bits per heavy atom. The van der Waals surface area contributed by atoms with Crippen LogP contribution in [0, 0.1) is 6.92 Å². The summed E-state index contributed by atoms with van der Waals surface area (Å²) < 4.78 is 6.23. The quantitative estimate of drug-likeness (QED) is 0.254. The first-order valence-electron chi connectivity index (χ1n) is 12.6. The number of hydrogen-bond donors (Lipinski definition) is 3. The zero-order valence-electron chi connectivity index (χ0n) is 20.4. The summed E-state index contributed by atoms with van der Waals surface area (Å²) >= 11 is 1.76. The lowest BCUT2D eigenvalue weighted by Crippen LogP contribution is -2.34. The topological polar surface area (TPSA) is 91.5 Å². The van der Waals surface area contributed by atoms with Gasteiger partial charge in [-0.25, -0.2) is 0 Å². The SMILES string of the molecule is Cc1ccc(-c2nccc3[nH]c(-c4n[nH]c5ccc(-c6cncc(OC7CCNCC7)c6)cc45)cc23)s1. The number of H-pyrrole nitrogens is 2. The van der Waals surface area contributed by atoms with E-state index in [-0.39, 0.29) is 6.10 Å². The van der Waals surface area contributed by atoms with Crippen molar-refractivity contribution < 1.29 is 4.74 Å². The molecule has 1 aromatic carbocycles. The molecule has 1 aliphatic rings. The number of aromatic amines is 2. The average molecular weight is 507 g/mol. The average Bonchev–Trinajstić information content (AvgIpc) is 3.66. The summed E-state index contributed by atoms with van der Waals surface area (Å²) in [5.41, 5.74) is 6.97. The normalized spacial score (nSPS) is 14.5. The first-order chi connectivity index (χ1) is 18.2. The predicted molar refractivity (Wildman–Crippen MR) is 149 cm³/mol. The molecule has 0 spiro atoms. The molecule has 5 aromatic heterocycles. The van der Waals surface area contributed by atoms with E-state index in [1.165, 1.54) is 9.75 Å². The Bertz CT molecular complexity index is 1730. The zero-order chi connectivity index (χ0) is 24.8. The Morgan fingerprint density at radius 1 is 0.892 bits per heavy atom. The molecule has 1 aliphatic heterocycles. The van der Waals surface area contributed by atoms with Gasteiger partial charge in [0.2, 0.25) is 0 Å². The van der Waals surface area contributed by atoms with Crippen LogP contribution in [0.4, 0.5) is 0 Å². The largest absolute Gasteiger partial charge is 0.489 e. The number of piperidine rings is 1. The lowest BCUT2D eigenvalue weighted by Gasteiger charge is -2.23. The van der Waals surface area contributed by atoms with Crippen molar-refractivity contribution in [2.45, 2.75) is 25.9 Å². The van der Waals surface area contributed by atoms with E-state index in [0.717, 1.165) is 81.7 Å². The second-order valence-electron chi connectivity index (χ2n) is 9.52. The summed E-state index contributed by atoms with van der Waals surface area (Å²) in [5.74, 6) is 0.816. The third-order valence-corrected chi connectivity index (χ3v) is 7.98. The van der Waals surface area contributed by atoms with E-state index < -0.39 is 0 Å². The van der Waals surface area contributed by atoms with Crippen LogP contribution in [0.15, 0.2) is 67.1 Å². The van der Waals surface area contributed by atoms with Gasteiger partial charge in [-0.1, -0.05) is 6.07 Å². The van der Waals surface area contributed by atoms with Crippen molar-refractivity contribution >= 4 is 33.1 Å². The smallest absolute Gasteiger partial charge is 0.138 e. The van der Waals surface area contributed by atoms with E-state index in [1.54, 1.807) is 17.5 Å². The number of ether oxygens (including phenoxy) is 1. The number of aryl methyl sites for hydroxylation is 1. The first-order valence-corrected chi connectivity index (χ1v) is 13.4. The minimum atomic E-state index is 0.237. The van der Waals surface area contributed by atoms with Crippen LogP contribution in [0.25, 0.3) is 54.9 Å². The fraction of sp³-hybridized carbons (Fsp3) is 0.207. The van der Waals surface area contributed by atoms with Crippen molar-refractivity contribution in [1.29, 1.82) is 0 Å². The Morgan fingerprint density at radius 2 is 1.78 bits per heavy atom. The Kier molecular flexibility index (Phi) is 5.48. The van der Waals surface area contributed by atoms with Gasteiger partial charge in [-0.15, -0.1) is 11.3 Å². The fourth-order valence-corrected chi connectivity index (χ4v) is 5.96. The number of thiophene rings is 1. The summed E-state index contributed by atoms with van der Waals surface area (Å²) in [6.07, 6.45) is 7.82. The highest BCUT2D eigenvalue weighted by Gasteiger charge is 2.17. The van der Waals surface area contributed by atoms with Gasteiger partial charge in [-0.2, -0.15) is 5.10 Å². The number of hydrogen-bond acceptors (Lipinski definition) is 6. The second kappa shape index (κ2) is 9.14. The van der Waals surface area contributed by atoms with Crippen molar-refractivity contribution in [3.05, 3.63) is 72.0 Å². The van der Waals surface area contributed by atoms with E-state index in [0.29, 0.717) is 0 Å². The molecule has 1 saturated heterocycles. The maximum absolute atomic E-state index is 6.23. The van der Waals surface area contributed by atoms with E-state index in [9.17, 15) is 0 Å². The fourth-order valence-electron chi connectivity index (χ4n) is 5.09. The van der Waals surface area contributed by atoms with Gasteiger partial charge in [0.05, 0.1) is 28.0 Å². The van der Waals surface area contributed by atoms with Gasteiger partial charge in [0, 0.05) is 39.1 Å². The third-order valence-electron chi connectivity index (χ3n) is 6.98. The first kappa shape index (κ1) is 22.2. The highest BCUT2D eigenvalue weighted by Crippen LogP contribution is 2.36. The van der Waals surface area contributed by atoms with Crippen LogP contribution in [0.1, 0.15) is 17.7 Å². The standard InChI is InChI=1S/C29H26N6OS/c1-17-2-5-27(37-17)29-23-14-26(33-24(23)8-11-32-29)28-22-13-18(3-4-25(22)34-35-28)19-12-21(16-31-15-19)36-20-6-9-30-10-7-20/h2-5,8,11-16,20,30,33H,6-7,9-10H2,1H3,(H,34,35). The molecule has 0 amide bonds. The van der Waals surface area contributed by atoms with Crippen molar-refractivity contribution in [1.82, 2.24) is 30.5 Å². The van der Waals surface area contributed by atoms with Crippen LogP contribution < -0.4 is 10.1 Å². The molecule has 6 heterocycles. The van der Waals surface area contributed by atoms with Crippen LogP contribution >= 0.6 is 11.3 Å². The molecule has 0 saturated carbocycles. The van der Waals surface area contributed by atoms with Crippen LogP contribution in [-0.4, -0.2) is 44.3 Å². The Labute approximate surface area is 217 Å². The summed E-state index contributed by atoms with van der Waals surface area (Å²) in [4.78, 5) is 15.2. The minimum absolute atomic E-state index is 0.237. The highest BCUT2D eigenvalue weighted by atomic mass is 32.1. The number of nitrogens with one attached hydrogen (secondary N) is 3. The van der Waals surface area contributed by atoms with Gasteiger partial charge in [-0.05, 0) is 80.9 Å². The molecule has 8 heteroatoms. The number of benzene rings is 1. The van der Waals surface area contributed by atoms with Crippen molar-refractivity contribution in [3.8, 4) is 38.8 Å². The minimum Gasteiger partial charge on any atom is -0.489 e. The second-order valence-corrected chi connectivity index (χ2v) is 10.8. The molecule has 7 rings (SSSR count). The van der Waals surface area contributed by atoms with Crippen LogP contribution in [0.3, 0.4) is 0 Å². The molecule has 1 fully saturated rings. The van der Waals surface area contributed by atoms with Crippen molar-refractivity contribution in [3.63, 3.8) is 0 Å². The summed E-state index contributed by atoms with van der Waals surface area (Å²) in [6, 6.07) is 16.9. The molecule has 6 aromatic rings. The summed E-state index contributed by atoms with van der Waals surface area (Å²) in [5, 5.41) is 13.4. The summed E-state index contributed by atoms with van der Waals surface area (Å²) in [6.45, 7) is 4.11. The molecule has 37 heavy (non-hydrogen) atoms. The van der Waals surface area contributed by atoms with E-state index in [4.69, 9.17) is 9.72 Å². The summed E-state index contributed by atoms with van der Waals surface area (Å²) in [7, 11) is 0. The van der Waals surface area contributed by atoms with Crippen LogP contribution in [0.2, 0.25) is 0 Å². The molecule has 0 aliphatic carbocycles. The molecular formula is C29H26N6OS. The van der Waals surface area contributed by atoms with E-state index >= 15 is 0 Å². The lowest BCUT2D eigenvalue weighted by atomic mass is 10.0. The molecule has 184 valence electrons. The van der Waals surface area contributed by atoms with Gasteiger partial charge in [0.15, 0.2) is 0 Å². The number of nitrogens with zero attached hydrogens (tertiary/aromatic N) is 3. The molecule has 3 N–H and O–H groups in total. The van der Waals surface area contributed by atoms with Gasteiger partial charge in [0.25, 0.3) is 0 Å². The molecule has 7 nitrogen and oxygen atoms in total. The van der Waals surface area contributed by atoms with Crippen LogP contribution in [-0.2, 0) is 0 Å². The maximum atomic E-state index is 6.23. The van der Waals surface area contributed by atoms with Gasteiger partial charge in [-0.3, -0.25) is 15.1 Å². The van der Waals surface area contributed by atoms with Gasteiger partial charge >= 0.3 is 0 Å². The maximum Gasteiger partial charge on any atom is 0.138 e. The van der Waals surface area contributed by atoms with E-state index in [1.807, 2.05) is 18.5 Å². The predicted octanol–water partition coefficient (Wildman–Crippen LogP) is 6.34. The van der Waals surface area contributed by atoms with E-state index in [2.05, 4.69) is 74.9 Å². The molecule has 0 bridgehead atoms. The number of aromatic nitrogens is 5. The number of fused-ring (bicyclic) bond motifs is 2. The number of pyridine rings is 2. The molecular weight excluding hydrogens is 480 g/mol. The van der Waals surface area contributed by atoms with Gasteiger partial charge < -0.3 is 15.0 Å². The Hall–Kier alpha value is -4.01. The monoisotopic (exact) mass is 506 g/mol. The molecule has 0 radical (unpaired) electrons. The number of rotatable bonds is 5. The lowest BCUT2D eigenvalue weighted by molar-refractivity contribution is 0.162. The Balaban J connectivity index is 1.26.